The smallest absolute Gasteiger partial charge is 0.346 e. The first-order valence-electron chi connectivity index (χ1n) is 3.57. The van der Waals surface area contributed by atoms with E-state index in [1.165, 1.54) is 12.1 Å². The van der Waals surface area contributed by atoms with Gasteiger partial charge in [-0.15, -0.1) is 0 Å². The van der Waals surface area contributed by atoms with Crippen molar-refractivity contribution >= 4 is 13.3 Å². The van der Waals surface area contributed by atoms with Crippen LogP contribution in [0.3, 0.4) is 0 Å². The lowest BCUT2D eigenvalue weighted by atomic mass is 10.2. The summed E-state index contributed by atoms with van der Waals surface area (Å²) in [4.78, 5) is 17.5. The van der Waals surface area contributed by atoms with Crippen molar-refractivity contribution in [1.82, 2.24) is 0 Å². The first-order chi connectivity index (χ1) is 5.91. The highest BCUT2D eigenvalue weighted by Crippen LogP contribution is 2.47. The van der Waals surface area contributed by atoms with Crippen molar-refractivity contribution in [2.45, 2.75) is 5.78 Å². The number of hydrogen-bond donors (Lipinski definition) is 4. The Bertz CT molecular complexity index is 332. The lowest BCUT2D eigenvalue weighted by Crippen LogP contribution is -2.10. The maximum Gasteiger partial charge on any atom is 0.346 e. The molecule has 0 saturated carbocycles. The van der Waals surface area contributed by atoms with Crippen LogP contribution in [0.2, 0.25) is 0 Å². The summed E-state index contributed by atoms with van der Waals surface area (Å²) in [5.41, 5.74) is 11.6. The SMILES string of the molecule is Nc1ccc(C(N)P(=O)(O)O)cc1. The van der Waals surface area contributed by atoms with Gasteiger partial charge in [0.15, 0.2) is 0 Å². The van der Waals surface area contributed by atoms with Crippen LogP contribution in [0, 0.1) is 0 Å². The number of benzene rings is 1. The van der Waals surface area contributed by atoms with Gasteiger partial charge in [-0.05, 0) is 17.7 Å². The average molecular weight is 202 g/mol. The molecule has 0 aliphatic rings. The van der Waals surface area contributed by atoms with E-state index in [4.69, 9.17) is 21.3 Å². The highest BCUT2D eigenvalue weighted by molar-refractivity contribution is 7.52. The topological polar surface area (TPSA) is 110 Å². The Morgan fingerprint density at radius 3 is 2.08 bits per heavy atom. The third-order valence-corrected chi connectivity index (χ3v) is 2.66. The van der Waals surface area contributed by atoms with Gasteiger partial charge in [-0.3, -0.25) is 4.57 Å². The highest BCUT2D eigenvalue weighted by atomic mass is 31.2. The maximum atomic E-state index is 10.8. The van der Waals surface area contributed by atoms with Crippen LogP contribution in [0.5, 0.6) is 0 Å². The Kier molecular flexibility index (Phi) is 2.73. The van der Waals surface area contributed by atoms with Gasteiger partial charge in [-0.2, -0.15) is 0 Å². The van der Waals surface area contributed by atoms with Gasteiger partial charge in [0.05, 0.1) is 0 Å². The lowest BCUT2D eigenvalue weighted by Gasteiger charge is -2.13. The summed E-state index contributed by atoms with van der Waals surface area (Å²) in [5, 5.41) is 0. The first kappa shape index (κ1) is 10.2. The molecule has 0 amide bonds. The van der Waals surface area contributed by atoms with Crippen molar-refractivity contribution in [2.75, 3.05) is 5.73 Å². The van der Waals surface area contributed by atoms with Crippen molar-refractivity contribution in [3.8, 4) is 0 Å². The summed E-state index contributed by atoms with van der Waals surface area (Å²) in [6.45, 7) is 0. The molecule has 0 radical (unpaired) electrons. The average Bonchev–Trinajstić information content (AvgIpc) is 2.03. The van der Waals surface area contributed by atoms with Crippen molar-refractivity contribution in [2.24, 2.45) is 5.73 Å². The van der Waals surface area contributed by atoms with Crippen LogP contribution in [-0.4, -0.2) is 9.79 Å². The molecule has 0 bridgehead atoms. The van der Waals surface area contributed by atoms with E-state index in [1.807, 2.05) is 0 Å². The Morgan fingerprint density at radius 1 is 1.23 bits per heavy atom. The number of nitrogens with two attached hydrogens (primary N) is 2. The fraction of sp³-hybridized carbons (Fsp3) is 0.143. The van der Waals surface area contributed by atoms with Crippen LogP contribution < -0.4 is 11.5 Å². The molecule has 1 rings (SSSR count). The molecule has 0 aliphatic carbocycles. The first-order valence-corrected chi connectivity index (χ1v) is 5.25. The third-order valence-electron chi connectivity index (χ3n) is 1.64. The van der Waals surface area contributed by atoms with Crippen molar-refractivity contribution in [3.63, 3.8) is 0 Å². The van der Waals surface area contributed by atoms with Crippen molar-refractivity contribution in [3.05, 3.63) is 29.8 Å². The quantitative estimate of drug-likeness (QED) is 0.410. The molecule has 6 heteroatoms. The zero-order valence-electron chi connectivity index (χ0n) is 6.79. The molecular formula is C7H11N2O3P. The van der Waals surface area contributed by atoms with Gasteiger partial charge in [0.2, 0.25) is 0 Å². The molecule has 72 valence electrons. The zero-order chi connectivity index (χ0) is 10.1. The van der Waals surface area contributed by atoms with E-state index in [0.29, 0.717) is 11.3 Å². The summed E-state index contributed by atoms with van der Waals surface area (Å²) in [6.07, 6.45) is 0. The molecule has 1 aromatic carbocycles. The third kappa shape index (κ3) is 2.54. The molecule has 5 nitrogen and oxygen atoms in total. The Hall–Kier alpha value is -0.870. The molecule has 0 saturated heterocycles. The molecule has 1 unspecified atom stereocenters. The molecular weight excluding hydrogens is 191 g/mol. The Balaban J connectivity index is 2.97. The zero-order valence-corrected chi connectivity index (χ0v) is 7.69. The van der Waals surface area contributed by atoms with Gasteiger partial charge in [-0.25, -0.2) is 0 Å². The molecule has 0 fully saturated rings. The monoisotopic (exact) mass is 202 g/mol. The fourth-order valence-corrected chi connectivity index (χ4v) is 1.45. The minimum Gasteiger partial charge on any atom is -0.399 e. The summed E-state index contributed by atoms with van der Waals surface area (Å²) in [5.74, 6) is -1.27. The second-order valence-corrected chi connectivity index (χ2v) is 4.44. The number of hydrogen-bond acceptors (Lipinski definition) is 3. The Morgan fingerprint density at radius 2 is 1.69 bits per heavy atom. The maximum absolute atomic E-state index is 10.8. The lowest BCUT2D eigenvalue weighted by molar-refractivity contribution is 0.359. The van der Waals surface area contributed by atoms with E-state index >= 15 is 0 Å². The largest absolute Gasteiger partial charge is 0.399 e. The highest BCUT2D eigenvalue weighted by Gasteiger charge is 2.25. The normalized spacial score (nSPS) is 14.1. The molecule has 0 heterocycles. The van der Waals surface area contributed by atoms with E-state index in [1.54, 1.807) is 12.1 Å². The molecule has 13 heavy (non-hydrogen) atoms. The summed E-state index contributed by atoms with van der Waals surface area (Å²) in [6, 6.07) is 6.09. The van der Waals surface area contributed by atoms with Crippen LogP contribution in [-0.2, 0) is 4.57 Å². The number of anilines is 1. The van der Waals surface area contributed by atoms with Crippen LogP contribution in [0.1, 0.15) is 11.3 Å². The minimum atomic E-state index is -4.26. The van der Waals surface area contributed by atoms with E-state index in [9.17, 15) is 4.57 Å². The van der Waals surface area contributed by atoms with Gasteiger partial charge in [0.25, 0.3) is 0 Å². The predicted molar refractivity (Wildman–Crippen MR) is 49.8 cm³/mol. The summed E-state index contributed by atoms with van der Waals surface area (Å²) in [7, 11) is -4.26. The molecule has 0 aromatic heterocycles. The molecule has 1 aromatic rings. The second kappa shape index (κ2) is 3.47. The molecule has 6 N–H and O–H groups in total. The minimum absolute atomic E-state index is 0.377. The van der Waals surface area contributed by atoms with Crippen molar-refractivity contribution < 1.29 is 14.4 Å². The van der Waals surface area contributed by atoms with Gasteiger partial charge in [0, 0.05) is 5.69 Å². The van der Waals surface area contributed by atoms with Crippen LogP contribution in [0.15, 0.2) is 24.3 Å². The summed E-state index contributed by atoms with van der Waals surface area (Å²) < 4.78 is 10.8. The molecule has 1 atom stereocenters. The van der Waals surface area contributed by atoms with Crippen molar-refractivity contribution in [1.29, 1.82) is 0 Å². The van der Waals surface area contributed by atoms with Crippen LogP contribution in [0.4, 0.5) is 5.69 Å². The predicted octanol–water partition coefficient (Wildman–Crippen LogP) is 0.404. The fourth-order valence-electron chi connectivity index (χ4n) is 0.887. The standard InChI is InChI=1S/C7H11N2O3P/c8-6-3-1-5(2-4-6)7(9)13(10,11)12/h1-4,7H,8-9H2,(H2,10,11,12). The van der Waals surface area contributed by atoms with Gasteiger partial charge in [-0.1, -0.05) is 12.1 Å². The van der Waals surface area contributed by atoms with Gasteiger partial charge >= 0.3 is 7.60 Å². The van der Waals surface area contributed by atoms with E-state index in [0.717, 1.165) is 0 Å². The number of rotatable bonds is 2. The van der Waals surface area contributed by atoms with E-state index in [-0.39, 0.29) is 0 Å². The van der Waals surface area contributed by atoms with Crippen LogP contribution >= 0.6 is 7.60 Å². The molecule has 0 spiro atoms. The summed E-state index contributed by atoms with van der Waals surface area (Å²) >= 11 is 0. The van der Waals surface area contributed by atoms with E-state index in [2.05, 4.69) is 0 Å². The molecule has 0 aliphatic heterocycles. The van der Waals surface area contributed by atoms with E-state index < -0.39 is 13.4 Å². The Labute approximate surface area is 75.5 Å². The number of nitrogen functional groups attached to an aromatic ring is 1. The van der Waals surface area contributed by atoms with Gasteiger partial charge < -0.3 is 21.3 Å². The second-order valence-electron chi connectivity index (χ2n) is 2.70. The van der Waals surface area contributed by atoms with Crippen LogP contribution in [0.25, 0.3) is 0 Å². The van der Waals surface area contributed by atoms with Gasteiger partial charge in [0.1, 0.15) is 5.78 Å².